The van der Waals surface area contributed by atoms with Crippen LogP contribution in [0.15, 0.2) is 12.4 Å². The molecular formula is C8H10FN5. The lowest BCUT2D eigenvalue weighted by Crippen LogP contribution is -1.94. The molecule has 4 N–H and O–H groups in total. The van der Waals surface area contributed by atoms with E-state index >= 15 is 0 Å². The quantitative estimate of drug-likeness (QED) is 0.672. The van der Waals surface area contributed by atoms with Crippen LogP contribution in [0.25, 0.3) is 0 Å². The van der Waals surface area contributed by atoms with Gasteiger partial charge in [-0.1, -0.05) is 0 Å². The third-order valence-corrected chi connectivity index (χ3v) is 2.02. The molecule has 2 rings (SSSR count). The SMILES string of the molecule is Nc1n[nH]c(CCc2cn[nH]c2)c1F. The summed E-state index contributed by atoms with van der Waals surface area (Å²) in [7, 11) is 0. The molecule has 74 valence electrons. The fraction of sp³-hybridized carbons (Fsp3) is 0.250. The molecule has 5 nitrogen and oxygen atoms in total. The molecule has 0 spiro atoms. The van der Waals surface area contributed by atoms with Crippen molar-refractivity contribution in [2.45, 2.75) is 12.8 Å². The van der Waals surface area contributed by atoms with Gasteiger partial charge in [-0.2, -0.15) is 10.2 Å². The van der Waals surface area contributed by atoms with Crippen LogP contribution in [-0.2, 0) is 12.8 Å². The van der Waals surface area contributed by atoms with Crippen molar-refractivity contribution >= 4 is 5.82 Å². The second-order valence-corrected chi connectivity index (χ2v) is 3.01. The second kappa shape index (κ2) is 3.49. The number of anilines is 1. The van der Waals surface area contributed by atoms with Crippen LogP contribution in [-0.4, -0.2) is 20.4 Å². The molecule has 0 saturated carbocycles. The monoisotopic (exact) mass is 195 g/mol. The van der Waals surface area contributed by atoms with Crippen molar-refractivity contribution in [2.75, 3.05) is 5.73 Å². The third-order valence-electron chi connectivity index (χ3n) is 2.02. The lowest BCUT2D eigenvalue weighted by atomic mass is 10.1. The highest BCUT2D eigenvalue weighted by molar-refractivity contribution is 5.31. The van der Waals surface area contributed by atoms with E-state index in [-0.39, 0.29) is 5.82 Å². The van der Waals surface area contributed by atoms with Gasteiger partial charge in [0.25, 0.3) is 0 Å². The number of nitrogens with one attached hydrogen (secondary N) is 2. The van der Waals surface area contributed by atoms with Crippen molar-refractivity contribution in [3.8, 4) is 0 Å². The van der Waals surface area contributed by atoms with Crippen LogP contribution in [0.3, 0.4) is 0 Å². The Morgan fingerprint density at radius 2 is 2.29 bits per heavy atom. The Labute approximate surface area is 79.5 Å². The van der Waals surface area contributed by atoms with E-state index in [4.69, 9.17) is 5.73 Å². The van der Waals surface area contributed by atoms with Gasteiger partial charge in [0.05, 0.1) is 11.9 Å². The lowest BCUT2D eigenvalue weighted by Gasteiger charge is -1.94. The maximum Gasteiger partial charge on any atom is 0.187 e. The second-order valence-electron chi connectivity index (χ2n) is 3.01. The number of nitrogens with zero attached hydrogens (tertiary/aromatic N) is 2. The molecule has 0 unspecified atom stereocenters. The van der Waals surface area contributed by atoms with Gasteiger partial charge in [0.1, 0.15) is 0 Å². The minimum atomic E-state index is -0.450. The van der Waals surface area contributed by atoms with Crippen LogP contribution >= 0.6 is 0 Å². The molecule has 0 fully saturated rings. The molecule has 0 aliphatic heterocycles. The Kier molecular flexibility index (Phi) is 2.18. The summed E-state index contributed by atoms with van der Waals surface area (Å²) in [4.78, 5) is 0. The molecule has 2 aromatic heterocycles. The van der Waals surface area contributed by atoms with E-state index in [0.29, 0.717) is 18.5 Å². The first-order valence-corrected chi connectivity index (χ1v) is 4.23. The molecule has 0 saturated heterocycles. The van der Waals surface area contributed by atoms with Gasteiger partial charge in [-0.15, -0.1) is 0 Å². The number of aryl methyl sites for hydroxylation is 2. The summed E-state index contributed by atoms with van der Waals surface area (Å²) in [5, 5.41) is 12.6. The van der Waals surface area contributed by atoms with E-state index in [1.165, 1.54) is 0 Å². The normalized spacial score (nSPS) is 10.6. The van der Waals surface area contributed by atoms with E-state index in [0.717, 1.165) is 5.56 Å². The standard InChI is InChI=1S/C8H10FN5/c9-7-6(13-14-8(7)10)2-1-5-3-11-12-4-5/h3-4H,1-2H2,(H,11,12)(H3,10,13,14). The minimum absolute atomic E-state index is 0.0767. The molecule has 0 amide bonds. The van der Waals surface area contributed by atoms with E-state index in [1.54, 1.807) is 12.4 Å². The largest absolute Gasteiger partial charge is 0.380 e. The smallest absolute Gasteiger partial charge is 0.187 e. The zero-order valence-corrected chi connectivity index (χ0v) is 7.42. The Bertz CT molecular complexity index is 405. The van der Waals surface area contributed by atoms with Gasteiger partial charge in [-0.3, -0.25) is 10.2 Å². The van der Waals surface area contributed by atoms with E-state index < -0.39 is 5.82 Å². The maximum atomic E-state index is 13.1. The van der Waals surface area contributed by atoms with E-state index in [1.807, 2.05) is 0 Å². The predicted molar refractivity (Wildman–Crippen MR) is 49.0 cm³/mol. The number of halogens is 1. The molecule has 0 aliphatic carbocycles. The highest BCUT2D eigenvalue weighted by atomic mass is 19.1. The zero-order valence-electron chi connectivity index (χ0n) is 7.42. The molecule has 0 aromatic carbocycles. The molecule has 14 heavy (non-hydrogen) atoms. The lowest BCUT2D eigenvalue weighted by molar-refractivity contribution is 0.612. The highest BCUT2D eigenvalue weighted by Gasteiger charge is 2.09. The third kappa shape index (κ3) is 1.59. The summed E-state index contributed by atoms with van der Waals surface area (Å²) in [5.74, 6) is -0.527. The Balaban J connectivity index is 2.02. The average molecular weight is 195 g/mol. The number of H-pyrrole nitrogens is 2. The van der Waals surface area contributed by atoms with Crippen LogP contribution in [0.5, 0.6) is 0 Å². The molecule has 0 radical (unpaired) electrons. The number of nitrogen functional groups attached to an aromatic ring is 1. The molecular weight excluding hydrogens is 185 g/mol. The van der Waals surface area contributed by atoms with Gasteiger partial charge in [0.15, 0.2) is 11.6 Å². The summed E-state index contributed by atoms with van der Waals surface area (Å²) in [6.07, 6.45) is 4.72. The van der Waals surface area contributed by atoms with E-state index in [2.05, 4.69) is 20.4 Å². The number of hydrogen-bond donors (Lipinski definition) is 3. The summed E-state index contributed by atoms with van der Waals surface area (Å²) in [6.45, 7) is 0. The summed E-state index contributed by atoms with van der Waals surface area (Å²) in [5.41, 5.74) is 6.71. The van der Waals surface area contributed by atoms with Gasteiger partial charge in [0, 0.05) is 6.20 Å². The van der Waals surface area contributed by atoms with Crippen LogP contribution < -0.4 is 5.73 Å². The number of hydrogen-bond acceptors (Lipinski definition) is 3. The Hall–Kier alpha value is -1.85. The molecule has 2 aromatic rings. The first kappa shape index (κ1) is 8.74. The first-order valence-electron chi connectivity index (χ1n) is 4.23. The number of aromatic amines is 2. The molecule has 0 aliphatic rings. The van der Waals surface area contributed by atoms with Crippen molar-refractivity contribution in [3.05, 3.63) is 29.5 Å². The fourth-order valence-corrected chi connectivity index (χ4v) is 1.23. The van der Waals surface area contributed by atoms with Gasteiger partial charge in [-0.25, -0.2) is 4.39 Å². The van der Waals surface area contributed by atoms with Crippen molar-refractivity contribution < 1.29 is 4.39 Å². The van der Waals surface area contributed by atoms with Crippen molar-refractivity contribution in [1.29, 1.82) is 0 Å². The maximum absolute atomic E-state index is 13.1. The fourth-order valence-electron chi connectivity index (χ4n) is 1.23. The van der Waals surface area contributed by atoms with Crippen molar-refractivity contribution in [2.24, 2.45) is 0 Å². The Morgan fingerprint density at radius 1 is 1.43 bits per heavy atom. The predicted octanol–water partition coefficient (Wildman–Crippen LogP) is 0.639. The molecule has 0 atom stereocenters. The zero-order chi connectivity index (χ0) is 9.97. The first-order chi connectivity index (χ1) is 6.77. The minimum Gasteiger partial charge on any atom is -0.380 e. The van der Waals surface area contributed by atoms with Gasteiger partial charge < -0.3 is 5.73 Å². The number of nitrogens with two attached hydrogens (primary N) is 1. The van der Waals surface area contributed by atoms with Gasteiger partial charge in [0.2, 0.25) is 0 Å². The highest BCUT2D eigenvalue weighted by Crippen LogP contribution is 2.12. The number of aromatic nitrogens is 4. The molecule has 2 heterocycles. The van der Waals surface area contributed by atoms with Gasteiger partial charge in [-0.05, 0) is 18.4 Å². The van der Waals surface area contributed by atoms with Crippen molar-refractivity contribution in [3.63, 3.8) is 0 Å². The number of rotatable bonds is 3. The molecule has 6 heteroatoms. The Morgan fingerprint density at radius 3 is 2.86 bits per heavy atom. The van der Waals surface area contributed by atoms with Crippen LogP contribution in [0.2, 0.25) is 0 Å². The molecule has 0 bridgehead atoms. The summed E-state index contributed by atoms with van der Waals surface area (Å²) >= 11 is 0. The van der Waals surface area contributed by atoms with Crippen LogP contribution in [0.1, 0.15) is 11.3 Å². The summed E-state index contributed by atoms with van der Waals surface area (Å²) in [6, 6.07) is 0. The van der Waals surface area contributed by atoms with Crippen LogP contribution in [0, 0.1) is 5.82 Å². The average Bonchev–Trinajstić information content (AvgIpc) is 2.77. The summed E-state index contributed by atoms with van der Waals surface area (Å²) < 4.78 is 13.1. The van der Waals surface area contributed by atoms with E-state index in [9.17, 15) is 4.39 Å². The van der Waals surface area contributed by atoms with Crippen molar-refractivity contribution in [1.82, 2.24) is 20.4 Å². The topological polar surface area (TPSA) is 83.4 Å². The van der Waals surface area contributed by atoms with Gasteiger partial charge >= 0.3 is 0 Å². The van der Waals surface area contributed by atoms with Crippen LogP contribution in [0.4, 0.5) is 10.2 Å².